The van der Waals surface area contributed by atoms with Crippen molar-refractivity contribution in [2.24, 2.45) is 5.92 Å². The van der Waals surface area contributed by atoms with Gasteiger partial charge in [0.25, 0.3) is 0 Å². The van der Waals surface area contributed by atoms with Crippen molar-refractivity contribution in [3.05, 3.63) is 0 Å². The molecule has 4 heteroatoms. The summed E-state index contributed by atoms with van der Waals surface area (Å²) < 4.78 is 27.2. The lowest BCUT2D eigenvalue weighted by atomic mass is 10.0. The lowest BCUT2D eigenvalue weighted by Crippen LogP contribution is -2.40. The maximum atomic E-state index is 12.1. The summed E-state index contributed by atoms with van der Waals surface area (Å²) in [7, 11) is -3.04. The topological polar surface area (TPSA) is 46.2 Å². The van der Waals surface area contributed by atoms with E-state index in [0.717, 1.165) is 44.9 Å². The third-order valence-electron chi connectivity index (χ3n) is 4.02. The van der Waals surface area contributed by atoms with Gasteiger partial charge < -0.3 is 0 Å². The van der Waals surface area contributed by atoms with Gasteiger partial charge in [-0.1, -0.05) is 26.2 Å². The lowest BCUT2D eigenvalue weighted by molar-refractivity contribution is 0.468. The van der Waals surface area contributed by atoms with Crippen molar-refractivity contribution in [1.82, 2.24) is 4.72 Å². The first-order valence-electron chi connectivity index (χ1n) is 6.59. The summed E-state index contributed by atoms with van der Waals surface area (Å²) >= 11 is 0. The first-order chi connectivity index (χ1) is 7.58. The fraction of sp³-hybridized carbons (Fsp3) is 1.00. The summed E-state index contributed by atoms with van der Waals surface area (Å²) in [6, 6.07) is 0.210. The summed E-state index contributed by atoms with van der Waals surface area (Å²) in [5, 5.41) is -0.114. The van der Waals surface area contributed by atoms with Gasteiger partial charge >= 0.3 is 0 Å². The molecular formula is C12H23NO2S. The Hall–Kier alpha value is -0.0900. The molecule has 0 radical (unpaired) electrons. The van der Waals surface area contributed by atoms with E-state index in [1.54, 1.807) is 0 Å². The van der Waals surface area contributed by atoms with Crippen LogP contribution in [0.5, 0.6) is 0 Å². The molecule has 0 heterocycles. The van der Waals surface area contributed by atoms with E-state index in [4.69, 9.17) is 0 Å². The molecule has 0 aliphatic heterocycles. The van der Waals surface area contributed by atoms with Gasteiger partial charge in [-0.05, 0) is 38.0 Å². The fourth-order valence-corrected chi connectivity index (χ4v) is 4.84. The van der Waals surface area contributed by atoms with Gasteiger partial charge in [0.2, 0.25) is 10.0 Å². The highest BCUT2D eigenvalue weighted by Gasteiger charge is 2.31. The van der Waals surface area contributed by atoms with E-state index in [9.17, 15) is 8.42 Å². The largest absolute Gasteiger partial charge is 0.214 e. The average Bonchev–Trinajstić information content (AvgIpc) is 2.64. The standard InChI is InChI=1S/C12H23NO2S/c1-10-7-8-11(9-10)13-16(14,15)12-5-3-2-4-6-12/h10-13H,2-9H2,1H3. The van der Waals surface area contributed by atoms with Crippen LogP contribution in [0.1, 0.15) is 58.3 Å². The predicted octanol–water partition coefficient (Wildman–Crippen LogP) is 2.43. The summed E-state index contributed by atoms with van der Waals surface area (Å²) in [6.07, 6.45) is 8.28. The highest BCUT2D eigenvalue weighted by molar-refractivity contribution is 7.90. The van der Waals surface area contributed by atoms with Crippen LogP contribution in [-0.4, -0.2) is 19.7 Å². The minimum Gasteiger partial charge on any atom is -0.212 e. The normalized spacial score (nSPS) is 33.1. The second-order valence-corrected chi connectivity index (χ2v) is 7.53. The van der Waals surface area contributed by atoms with Crippen LogP contribution in [0, 0.1) is 5.92 Å². The highest BCUT2D eigenvalue weighted by Crippen LogP contribution is 2.28. The van der Waals surface area contributed by atoms with Gasteiger partial charge in [0.15, 0.2) is 0 Å². The number of sulfonamides is 1. The first-order valence-corrected chi connectivity index (χ1v) is 8.13. The average molecular weight is 245 g/mol. The van der Waals surface area contributed by atoms with Gasteiger partial charge in [0.1, 0.15) is 0 Å². The van der Waals surface area contributed by atoms with Crippen LogP contribution >= 0.6 is 0 Å². The van der Waals surface area contributed by atoms with Gasteiger partial charge in [-0.2, -0.15) is 0 Å². The predicted molar refractivity (Wildman–Crippen MR) is 65.7 cm³/mol. The summed E-state index contributed by atoms with van der Waals surface area (Å²) in [5.74, 6) is 0.680. The molecule has 2 aliphatic carbocycles. The van der Waals surface area contributed by atoms with E-state index in [1.807, 2.05) is 0 Å². The third-order valence-corrected chi connectivity index (χ3v) is 6.03. The van der Waals surface area contributed by atoms with E-state index in [0.29, 0.717) is 5.92 Å². The van der Waals surface area contributed by atoms with Crippen molar-refractivity contribution in [3.8, 4) is 0 Å². The van der Waals surface area contributed by atoms with Crippen LogP contribution in [0.15, 0.2) is 0 Å². The van der Waals surface area contributed by atoms with E-state index in [2.05, 4.69) is 11.6 Å². The fourth-order valence-electron chi connectivity index (χ4n) is 3.02. The molecule has 0 aromatic heterocycles. The van der Waals surface area contributed by atoms with Crippen LogP contribution in [0.2, 0.25) is 0 Å². The zero-order valence-corrected chi connectivity index (χ0v) is 10.9. The van der Waals surface area contributed by atoms with E-state index in [-0.39, 0.29) is 11.3 Å². The molecule has 2 atom stereocenters. The van der Waals surface area contributed by atoms with Gasteiger partial charge in [-0.15, -0.1) is 0 Å². The van der Waals surface area contributed by atoms with Crippen LogP contribution in [-0.2, 0) is 10.0 Å². The number of hydrogen-bond donors (Lipinski definition) is 1. The number of rotatable bonds is 3. The Morgan fingerprint density at radius 3 is 2.25 bits per heavy atom. The van der Waals surface area contributed by atoms with Crippen molar-refractivity contribution in [2.75, 3.05) is 0 Å². The Morgan fingerprint density at radius 2 is 1.69 bits per heavy atom. The quantitative estimate of drug-likeness (QED) is 0.830. The molecule has 0 amide bonds. The molecule has 2 unspecified atom stereocenters. The van der Waals surface area contributed by atoms with Crippen LogP contribution < -0.4 is 4.72 Å². The van der Waals surface area contributed by atoms with E-state index < -0.39 is 10.0 Å². The zero-order valence-electron chi connectivity index (χ0n) is 10.1. The van der Waals surface area contributed by atoms with Gasteiger partial charge in [-0.3, -0.25) is 0 Å². The molecule has 3 nitrogen and oxygen atoms in total. The Labute approximate surface area is 99.1 Å². The van der Waals surface area contributed by atoms with Crippen molar-refractivity contribution >= 4 is 10.0 Å². The Morgan fingerprint density at radius 1 is 1.00 bits per heavy atom. The summed E-state index contributed by atoms with van der Waals surface area (Å²) in [4.78, 5) is 0. The molecule has 94 valence electrons. The van der Waals surface area contributed by atoms with Crippen molar-refractivity contribution in [3.63, 3.8) is 0 Å². The molecule has 0 aromatic carbocycles. The number of hydrogen-bond acceptors (Lipinski definition) is 2. The molecule has 2 aliphatic rings. The van der Waals surface area contributed by atoms with Crippen molar-refractivity contribution in [1.29, 1.82) is 0 Å². The second kappa shape index (κ2) is 5.05. The van der Waals surface area contributed by atoms with E-state index in [1.165, 1.54) is 6.42 Å². The Balaban J connectivity index is 1.91. The SMILES string of the molecule is CC1CCC(NS(=O)(=O)C2CCCCC2)C1. The third kappa shape index (κ3) is 2.98. The molecular weight excluding hydrogens is 222 g/mol. The summed E-state index contributed by atoms with van der Waals surface area (Å²) in [6.45, 7) is 2.20. The molecule has 0 spiro atoms. The molecule has 2 saturated carbocycles. The minimum atomic E-state index is -3.04. The zero-order chi connectivity index (χ0) is 11.6. The maximum absolute atomic E-state index is 12.1. The molecule has 1 N–H and O–H groups in total. The lowest BCUT2D eigenvalue weighted by Gasteiger charge is -2.24. The van der Waals surface area contributed by atoms with Crippen LogP contribution in [0.4, 0.5) is 0 Å². The van der Waals surface area contributed by atoms with Crippen molar-refractivity contribution < 1.29 is 8.42 Å². The first kappa shape index (κ1) is 12.4. The van der Waals surface area contributed by atoms with Gasteiger partial charge in [-0.25, -0.2) is 13.1 Å². The molecule has 0 saturated heterocycles. The van der Waals surface area contributed by atoms with Crippen LogP contribution in [0.3, 0.4) is 0 Å². The second-order valence-electron chi connectivity index (χ2n) is 5.54. The van der Waals surface area contributed by atoms with Crippen molar-refractivity contribution in [2.45, 2.75) is 69.6 Å². The molecule has 2 fully saturated rings. The molecule has 2 rings (SSSR count). The highest BCUT2D eigenvalue weighted by atomic mass is 32.2. The Kier molecular flexibility index (Phi) is 3.90. The Bertz CT molecular complexity index is 320. The smallest absolute Gasteiger partial charge is 0.212 e. The molecule has 0 bridgehead atoms. The van der Waals surface area contributed by atoms with Crippen LogP contribution in [0.25, 0.3) is 0 Å². The molecule has 0 aromatic rings. The monoisotopic (exact) mass is 245 g/mol. The van der Waals surface area contributed by atoms with E-state index >= 15 is 0 Å². The number of nitrogens with one attached hydrogen (secondary N) is 1. The summed E-state index contributed by atoms with van der Waals surface area (Å²) in [5.41, 5.74) is 0. The minimum absolute atomic E-state index is 0.114. The molecule has 16 heavy (non-hydrogen) atoms. The van der Waals surface area contributed by atoms with Gasteiger partial charge in [0.05, 0.1) is 5.25 Å². The van der Waals surface area contributed by atoms with Gasteiger partial charge in [0, 0.05) is 6.04 Å². The maximum Gasteiger partial charge on any atom is 0.214 e.